The van der Waals surface area contributed by atoms with Crippen LogP contribution in [-0.2, 0) is 16.4 Å². The van der Waals surface area contributed by atoms with Gasteiger partial charge in [-0.25, -0.2) is 13.2 Å². The minimum atomic E-state index is -3.31. The molecule has 1 aliphatic rings. The number of aromatic nitrogens is 2. The van der Waals surface area contributed by atoms with Crippen LogP contribution in [0.3, 0.4) is 0 Å². The third-order valence-electron chi connectivity index (χ3n) is 6.27. The Balaban J connectivity index is 1.26. The van der Waals surface area contributed by atoms with Crippen molar-refractivity contribution >= 4 is 21.8 Å². The zero-order valence-corrected chi connectivity index (χ0v) is 20.9. The molecule has 192 valence electrons. The maximum atomic E-state index is 11.3. The lowest BCUT2D eigenvalue weighted by molar-refractivity contribution is 0.175. The van der Waals surface area contributed by atoms with Gasteiger partial charge in [0.25, 0.3) is 0 Å². The molecule has 0 bridgehead atoms. The highest BCUT2D eigenvalue weighted by atomic mass is 32.2. The summed E-state index contributed by atoms with van der Waals surface area (Å²) >= 11 is 0. The van der Waals surface area contributed by atoms with Crippen molar-refractivity contribution in [2.24, 2.45) is 0 Å². The summed E-state index contributed by atoms with van der Waals surface area (Å²) in [5.74, 6) is 1.45. The van der Waals surface area contributed by atoms with Crippen molar-refractivity contribution in [2.75, 3.05) is 30.6 Å². The Kier molecular flexibility index (Phi) is 8.21. The number of amides is 1. The zero-order chi connectivity index (χ0) is 25.5. The molecule has 1 aromatic heterocycles. The quantitative estimate of drug-likeness (QED) is 0.374. The second kappa shape index (κ2) is 11.5. The molecule has 1 amide bonds. The van der Waals surface area contributed by atoms with E-state index in [2.05, 4.69) is 25.1 Å². The lowest BCUT2D eigenvalue weighted by atomic mass is 9.96. The molecule has 1 fully saturated rings. The van der Waals surface area contributed by atoms with E-state index in [9.17, 15) is 18.3 Å². The van der Waals surface area contributed by atoms with Crippen molar-refractivity contribution in [1.82, 2.24) is 20.4 Å². The van der Waals surface area contributed by atoms with E-state index in [1.54, 1.807) is 12.1 Å². The Morgan fingerprint density at radius 3 is 2.47 bits per heavy atom. The fourth-order valence-corrected chi connectivity index (χ4v) is 5.03. The zero-order valence-electron chi connectivity index (χ0n) is 20.1. The average Bonchev–Trinajstić information content (AvgIpc) is 3.31. The largest absolute Gasteiger partial charge is 0.465 e. The number of hydrogen-bond acceptors (Lipinski definition) is 7. The molecule has 10 nitrogen and oxygen atoms in total. The fraction of sp³-hybridized carbons (Fsp3) is 0.400. The summed E-state index contributed by atoms with van der Waals surface area (Å²) in [6.45, 7) is 2.56. The van der Waals surface area contributed by atoms with Gasteiger partial charge in [-0.15, -0.1) is 0 Å². The Hall–Kier alpha value is -3.44. The van der Waals surface area contributed by atoms with Crippen molar-refractivity contribution in [3.8, 4) is 0 Å². The van der Waals surface area contributed by atoms with Crippen LogP contribution in [0.2, 0.25) is 0 Å². The van der Waals surface area contributed by atoms with Crippen LogP contribution < -0.4 is 10.0 Å². The first-order chi connectivity index (χ1) is 17.2. The highest BCUT2D eigenvalue weighted by molar-refractivity contribution is 7.92. The normalized spacial score (nSPS) is 15.9. The second-order valence-electron chi connectivity index (χ2n) is 9.11. The molecule has 0 radical (unpaired) electrons. The van der Waals surface area contributed by atoms with E-state index in [0.717, 1.165) is 49.9 Å². The maximum absolute atomic E-state index is 11.3. The van der Waals surface area contributed by atoms with Gasteiger partial charge < -0.3 is 19.8 Å². The van der Waals surface area contributed by atoms with Crippen LogP contribution in [0, 0.1) is 0 Å². The lowest BCUT2D eigenvalue weighted by Gasteiger charge is -2.31. The molecular weight excluding hydrogens is 482 g/mol. The molecule has 11 heteroatoms. The summed E-state index contributed by atoms with van der Waals surface area (Å²) < 4.78 is 30.7. The van der Waals surface area contributed by atoms with Crippen LogP contribution in [0.5, 0.6) is 0 Å². The number of carboxylic acid groups (broad SMARTS) is 1. The molecular formula is C25H31N5O5S. The van der Waals surface area contributed by atoms with Crippen molar-refractivity contribution < 1.29 is 22.8 Å². The van der Waals surface area contributed by atoms with Crippen molar-refractivity contribution in [3.05, 3.63) is 77.4 Å². The molecule has 3 N–H and O–H groups in total. The monoisotopic (exact) mass is 513 g/mol. The first-order valence-corrected chi connectivity index (χ1v) is 13.8. The van der Waals surface area contributed by atoms with Gasteiger partial charge in [0.15, 0.2) is 5.82 Å². The van der Waals surface area contributed by atoms with E-state index in [4.69, 9.17) is 4.52 Å². The minimum absolute atomic E-state index is 0.200. The molecule has 0 unspecified atom stereocenters. The van der Waals surface area contributed by atoms with Gasteiger partial charge in [-0.2, -0.15) is 4.98 Å². The van der Waals surface area contributed by atoms with Gasteiger partial charge in [-0.3, -0.25) is 4.72 Å². The van der Waals surface area contributed by atoms with Gasteiger partial charge >= 0.3 is 6.09 Å². The molecule has 2 heterocycles. The number of benzene rings is 2. The number of nitrogens with zero attached hydrogens (tertiary/aromatic N) is 3. The van der Waals surface area contributed by atoms with Crippen LogP contribution >= 0.6 is 0 Å². The summed E-state index contributed by atoms with van der Waals surface area (Å²) in [6, 6.07) is 16.5. The molecule has 0 aliphatic carbocycles. The van der Waals surface area contributed by atoms with E-state index >= 15 is 0 Å². The SMILES string of the molecule is CS(=O)(=O)Nc1ccc(Cc2noc(C3CCN(CC[C@H](NC(=O)O)c4ccccc4)CC3)n2)cc1. The smallest absolute Gasteiger partial charge is 0.405 e. The Labute approximate surface area is 210 Å². The summed E-state index contributed by atoms with van der Waals surface area (Å²) in [5.41, 5.74) is 2.43. The predicted octanol–water partition coefficient (Wildman–Crippen LogP) is 3.61. The van der Waals surface area contributed by atoms with E-state index < -0.39 is 16.1 Å². The van der Waals surface area contributed by atoms with Gasteiger partial charge in [0.1, 0.15) is 0 Å². The molecule has 1 atom stereocenters. The Bertz CT molecular complexity index is 1240. The van der Waals surface area contributed by atoms with Gasteiger partial charge in [0, 0.05) is 24.6 Å². The number of carbonyl (C=O) groups is 1. The molecule has 0 spiro atoms. The van der Waals surface area contributed by atoms with Crippen molar-refractivity contribution in [3.63, 3.8) is 0 Å². The first-order valence-electron chi connectivity index (χ1n) is 11.9. The molecule has 1 saturated heterocycles. The van der Waals surface area contributed by atoms with Gasteiger partial charge in [0.05, 0.1) is 12.3 Å². The summed E-state index contributed by atoms with van der Waals surface area (Å²) in [7, 11) is -3.31. The fourth-order valence-electron chi connectivity index (χ4n) is 4.46. The molecule has 36 heavy (non-hydrogen) atoms. The molecule has 0 saturated carbocycles. The number of likely N-dealkylation sites (tertiary alicyclic amines) is 1. The standard InChI is InChI=1S/C25H31N5O5S/c1-36(33,34)29-21-9-7-18(8-10-21)17-23-27-24(35-28-23)20-11-14-30(15-12-20)16-13-22(26-25(31)32)19-5-3-2-4-6-19/h2-10,20,22,26,29H,11-17H2,1H3,(H,31,32)/t22-/m0/s1. The topological polar surface area (TPSA) is 138 Å². The van der Waals surface area contributed by atoms with Crippen LogP contribution in [0.1, 0.15) is 54.1 Å². The number of piperidine rings is 1. The van der Waals surface area contributed by atoms with Crippen LogP contribution in [0.25, 0.3) is 0 Å². The van der Waals surface area contributed by atoms with Gasteiger partial charge in [0.2, 0.25) is 15.9 Å². The number of sulfonamides is 1. The van der Waals surface area contributed by atoms with Crippen LogP contribution in [0.15, 0.2) is 59.1 Å². The summed E-state index contributed by atoms with van der Waals surface area (Å²) in [6.07, 6.45) is 3.09. The third kappa shape index (κ3) is 7.53. The van der Waals surface area contributed by atoms with Crippen LogP contribution in [-0.4, -0.2) is 60.5 Å². The minimum Gasteiger partial charge on any atom is -0.465 e. The van der Waals surface area contributed by atoms with E-state index in [-0.39, 0.29) is 12.0 Å². The van der Waals surface area contributed by atoms with Gasteiger partial charge in [-0.05, 0) is 55.6 Å². The Morgan fingerprint density at radius 2 is 1.83 bits per heavy atom. The van der Waals surface area contributed by atoms with E-state index in [0.29, 0.717) is 30.2 Å². The van der Waals surface area contributed by atoms with Crippen molar-refractivity contribution in [1.29, 1.82) is 0 Å². The molecule has 3 aromatic rings. The average molecular weight is 514 g/mol. The predicted molar refractivity (Wildman–Crippen MR) is 135 cm³/mol. The third-order valence-corrected chi connectivity index (χ3v) is 6.88. The number of nitrogens with one attached hydrogen (secondary N) is 2. The number of anilines is 1. The van der Waals surface area contributed by atoms with Crippen LogP contribution in [0.4, 0.5) is 10.5 Å². The molecule has 1 aliphatic heterocycles. The summed E-state index contributed by atoms with van der Waals surface area (Å²) in [5, 5.41) is 16.0. The second-order valence-corrected chi connectivity index (χ2v) is 10.9. The highest BCUT2D eigenvalue weighted by Gasteiger charge is 2.26. The van der Waals surface area contributed by atoms with Crippen molar-refractivity contribution in [2.45, 2.75) is 37.6 Å². The maximum Gasteiger partial charge on any atom is 0.405 e. The summed E-state index contributed by atoms with van der Waals surface area (Å²) in [4.78, 5) is 18.2. The van der Waals surface area contributed by atoms with E-state index in [1.807, 2.05) is 42.5 Å². The Morgan fingerprint density at radius 1 is 1.14 bits per heavy atom. The molecule has 4 rings (SSSR count). The first kappa shape index (κ1) is 25.6. The molecule has 2 aromatic carbocycles. The number of hydrogen-bond donors (Lipinski definition) is 3. The lowest BCUT2D eigenvalue weighted by Crippen LogP contribution is -2.36. The number of rotatable bonds is 10. The van der Waals surface area contributed by atoms with Gasteiger partial charge in [-0.1, -0.05) is 47.6 Å². The van der Waals surface area contributed by atoms with E-state index in [1.165, 1.54) is 0 Å². The highest BCUT2D eigenvalue weighted by Crippen LogP contribution is 2.28.